The van der Waals surface area contributed by atoms with Crippen molar-refractivity contribution in [2.45, 2.75) is 32.5 Å². The zero-order valence-corrected chi connectivity index (χ0v) is 14.6. The molecule has 2 aromatic rings. The zero-order chi connectivity index (χ0) is 15.0. The standard InChI is InChI=1S/C14H16FN3OS2.ClH/c1-7-3-4-11(20-7)12-8(2)21-14(17-12)18-13(19)10-5-9(15)6-16-10;/h3-4,9-10,16H,5-6H2,1-2H3,(H,17,18,19);1H/t9-,10+;/m0./s1. The minimum Gasteiger partial charge on any atom is -0.303 e. The van der Waals surface area contributed by atoms with E-state index in [1.165, 1.54) is 16.2 Å². The Morgan fingerprint density at radius 1 is 1.41 bits per heavy atom. The maximum atomic E-state index is 13.1. The number of alkyl halides is 1. The van der Waals surface area contributed by atoms with Crippen LogP contribution in [-0.4, -0.2) is 29.6 Å². The second-order valence-corrected chi connectivity index (χ2v) is 7.61. The fourth-order valence-electron chi connectivity index (χ4n) is 2.33. The summed E-state index contributed by atoms with van der Waals surface area (Å²) >= 11 is 3.13. The van der Waals surface area contributed by atoms with Gasteiger partial charge in [0.15, 0.2) is 5.13 Å². The molecule has 1 fully saturated rings. The number of amides is 1. The zero-order valence-electron chi connectivity index (χ0n) is 12.2. The van der Waals surface area contributed by atoms with E-state index >= 15 is 0 Å². The Kier molecular flexibility index (Phi) is 5.55. The van der Waals surface area contributed by atoms with Gasteiger partial charge in [0, 0.05) is 22.7 Å². The molecule has 120 valence electrons. The first kappa shape index (κ1) is 17.3. The highest BCUT2D eigenvalue weighted by atomic mass is 35.5. The molecule has 8 heteroatoms. The molecule has 2 N–H and O–H groups in total. The highest BCUT2D eigenvalue weighted by molar-refractivity contribution is 7.18. The average molecular weight is 362 g/mol. The summed E-state index contributed by atoms with van der Waals surface area (Å²) in [5.74, 6) is -0.210. The van der Waals surface area contributed by atoms with Crippen molar-refractivity contribution in [3.05, 3.63) is 21.9 Å². The van der Waals surface area contributed by atoms with Gasteiger partial charge in [-0.1, -0.05) is 0 Å². The van der Waals surface area contributed by atoms with Crippen molar-refractivity contribution in [1.29, 1.82) is 0 Å². The van der Waals surface area contributed by atoms with Gasteiger partial charge >= 0.3 is 0 Å². The van der Waals surface area contributed by atoms with Gasteiger partial charge in [0.2, 0.25) is 5.91 Å². The van der Waals surface area contributed by atoms with Crippen LogP contribution in [0.25, 0.3) is 10.6 Å². The molecule has 1 aliphatic heterocycles. The molecule has 3 rings (SSSR count). The van der Waals surface area contributed by atoms with Gasteiger partial charge in [-0.2, -0.15) is 0 Å². The topological polar surface area (TPSA) is 54.0 Å². The van der Waals surface area contributed by atoms with E-state index < -0.39 is 12.2 Å². The van der Waals surface area contributed by atoms with Crippen molar-refractivity contribution in [3.63, 3.8) is 0 Å². The Hall–Kier alpha value is -1.02. The Morgan fingerprint density at radius 2 is 2.18 bits per heavy atom. The lowest BCUT2D eigenvalue weighted by Gasteiger charge is -2.08. The largest absolute Gasteiger partial charge is 0.303 e. The molecule has 0 radical (unpaired) electrons. The van der Waals surface area contributed by atoms with Crippen LogP contribution in [0.15, 0.2) is 12.1 Å². The fourth-order valence-corrected chi connectivity index (χ4v) is 4.14. The summed E-state index contributed by atoms with van der Waals surface area (Å²) in [6.45, 7) is 4.29. The minimum atomic E-state index is -0.941. The summed E-state index contributed by atoms with van der Waals surface area (Å²) in [5, 5.41) is 6.23. The second kappa shape index (κ2) is 7.04. The highest BCUT2D eigenvalue weighted by Gasteiger charge is 2.29. The normalized spacial score (nSPS) is 20.7. The predicted molar refractivity (Wildman–Crippen MR) is 92.1 cm³/mol. The number of nitrogens with one attached hydrogen (secondary N) is 2. The third-order valence-electron chi connectivity index (χ3n) is 3.39. The van der Waals surface area contributed by atoms with E-state index in [9.17, 15) is 9.18 Å². The lowest BCUT2D eigenvalue weighted by molar-refractivity contribution is -0.117. The number of rotatable bonds is 3. The Balaban J connectivity index is 0.00000176. The molecule has 0 unspecified atom stereocenters. The van der Waals surface area contributed by atoms with E-state index in [2.05, 4.69) is 28.6 Å². The van der Waals surface area contributed by atoms with Crippen LogP contribution in [0.3, 0.4) is 0 Å². The van der Waals surface area contributed by atoms with E-state index in [1.807, 2.05) is 13.0 Å². The van der Waals surface area contributed by atoms with Gasteiger partial charge in [0.25, 0.3) is 0 Å². The van der Waals surface area contributed by atoms with Crippen molar-refractivity contribution in [1.82, 2.24) is 10.3 Å². The third-order valence-corrected chi connectivity index (χ3v) is 5.29. The number of carbonyl (C=O) groups is 1. The van der Waals surface area contributed by atoms with Gasteiger partial charge in [-0.05, 0) is 26.0 Å². The summed E-state index contributed by atoms with van der Waals surface area (Å²) in [5.41, 5.74) is 0.913. The molecule has 1 amide bonds. The monoisotopic (exact) mass is 361 g/mol. The lowest BCUT2D eigenvalue weighted by Crippen LogP contribution is -2.35. The van der Waals surface area contributed by atoms with Gasteiger partial charge in [-0.3, -0.25) is 4.79 Å². The third kappa shape index (κ3) is 3.65. The molecular weight excluding hydrogens is 345 g/mol. The Bertz CT molecular complexity index is 673. The maximum Gasteiger partial charge on any atom is 0.243 e. The van der Waals surface area contributed by atoms with E-state index in [0.717, 1.165) is 15.4 Å². The molecule has 2 aromatic heterocycles. The molecule has 22 heavy (non-hydrogen) atoms. The summed E-state index contributed by atoms with van der Waals surface area (Å²) in [6, 6.07) is 3.64. The molecule has 3 heterocycles. The Morgan fingerprint density at radius 3 is 2.77 bits per heavy atom. The van der Waals surface area contributed by atoms with Crippen LogP contribution in [0.4, 0.5) is 9.52 Å². The van der Waals surface area contributed by atoms with Gasteiger partial charge in [0.1, 0.15) is 6.17 Å². The SMILES string of the molecule is Cc1ccc(-c2nc(NC(=O)[C@H]3C[C@H](F)CN3)sc2C)s1.Cl. The van der Waals surface area contributed by atoms with Crippen molar-refractivity contribution >= 4 is 46.1 Å². The van der Waals surface area contributed by atoms with Crippen LogP contribution in [0.5, 0.6) is 0 Å². The number of thiophene rings is 1. The van der Waals surface area contributed by atoms with Crippen LogP contribution < -0.4 is 10.6 Å². The molecule has 0 aliphatic carbocycles. The average Bonchev–Trinajstić information content (AvgIpc) is 3.11. The number of aryl methyl sites for hydroxylation is 2. The molecule has 0 aromatic carbocycles. The molecule has 2 atom stereocenters. The van der Waals surface area contributed by atoms with Crippen molar-refractivity contribution in [3.8, 4) is 10.6 Å². The van der Waals surface area contributed by atoms with Crippen molar-refractivity contribution < 1.29 is 9.18 Å². The fraction of sp³-hybridized carbons (Fsp3) is 0.429. The molecule has 0 bridgehead atoms. The number of halogens is 2. The quantitative estimate of drug-likeness (QED) is 0.879. The van der Waals surface area contributed by atoms with Crippen molar-refractivity contribution in [2.75, 3.05) is 11.9 Å². The second-order valence-electron chi connectivity index (χ2n) is 5.12. The molecular formula is C14H17ClFN3OS2. The molecule has 4 nitrogen and oxygen atoms in total. The van der Waals surface area contributed by atoms with E-state index in [4.69, 9.17) is 0 Å². The first-order valence-corrected chi connectivity index (χ1v) is 8.39. The summed E-state index contributed by atoms with van der Waals surface area (Å²) in [7, 11) is 0. The van der Waals surface area contributed by atoms with Crippen LogP contribution in [0, 0.1) is 13.8 Å². The number of hydrogen-bond donors (Lipinski definition) is 2. The first-order chi connectivity index (χ1) is 10.0. The van der Waals surface area contributed by atoms with E-state index in [-0.39, 0.29) is 31.3 Å². The van der Waals surface area contributed by atoms with E-state index in [0.29, 0.717) is 5.13 Å². The molecule has 1 aliphatic rings. The van der Waals surface area contributed by atoms with Gasteiger partial charge in [-0.15, -0.1) is 35.1 Å². The predicted octanol–water partition coefficient (Wildman–Crippen LogP) is 3.55. The number of thiazole rings is 1. The number of anilines is 1. The van der Waals surface area contributed by atoms with Crippen LogP contribution in [0.2, 0.25) is 0 Å². The number of carbonyl (C=O) groups excluding carboxylic acids is 1. The lowest BCUT2D eigenvalue weighted by atomic mass is 10.2. The summed E-state index contributed by atoms with van der Waals surface area (Å²) < 4.78 is 13.1. The number of aromatic nitrogens is 1. The van der Waals surface area contributed by atoms with Gasteiger partial charge in [-0.25, -0.2) is 9.37 Å². The minimum absolute atomic E-state index is 0. The Labute approximate surface area is 142 Å². The number of hydrogen-bond acceptors (Lipinski definition) is 5. The molecule has 1 saturated heterocycles. The van der Waals surface area contributed by atoms with Crippen molar-refractivity contribution in [2.24, 2.45) is 0 Å². The van der Waals surface area contributed by atoms with Crippen LogP contribution >= 0.6 is 35.1 Å². The molecule has 0 saturated carbocycles. The summed E-state index contributed by atoms with van der Waals surface area (Å²) in [4.78, 5) is 19.9. The number of nitrogens with zero attached hydrogens (tertiary/aromatic N) is 1. The van der Waals surface area contributed by atoms with Crippen LogP contribution in [-0.2, 0) is 4.79 Å². The van der Waals surface area contributed by atoms with E-state index in [1.54, 1.807) is 11.3 Å². The maximum absolute atomic E-state index is 13.1. The molecule has 0 spiro atoms. The first-order valence-electron chi connectivity index (χ1n) is 6.75. The van der Waals surface area contributed by atoms with Gasteiger partial charge in [0.05, 0.1) is 16.6 Å². The van der Waals surface area contributed by atoms with Gasteiger partial charge < -0.3 is 10.6 Å². The smallest absolute Gasteiger partial charge is 0.243 e. The van der Waals surface area contributed by atoms with Crippen LogP contribution in [0.1, 0.15) is 16.2 Å². The highest BCUT2D eigenvalue weighted by Crippen LogP contribution is 2.34. The summed E-state index contributed by atoms with van der Waals surface area (Å²) in [6.07, 6.45) is -0.712.